The SMILES string of the molecule is O=C(Nc1ccc2c(c1)N(Cc1c(F)cccc1Cl)CCO2)Nc1ccc2cc[nH]c2c1. The van der Waals surface area contributed by atoms with Crippen molar-refractivity contribution in [2.45, 2.75) is 6.54 Å². The highest BCUT2D eigenvalue weighted by Gasteiger charge is 2.21. The third kappa shape index (κ3) is 4.07. The Balaban J connectivity index is 1.33. The van der Waals surface area contributed by atoms with Gasteiger partial charge in [0.25, 0.3) is 0 Å². The summed E-state index contributed by atoms with van der Waals surface area (Å²) in [5, 5.41) is 7.13. The molecule has 4 aromatic rings. The van der Waals surface area contributed by atoms with Gasteiger partial charge in [-0.2, -0.15) is 0 Å². The van der Waals surface area contributed by atoms with E-state index in [9.17, 15) is 9.18 Å². The Labute approximate surface area is 188 Å². The van der Waals surface area contributed by atoms with Crippen molar-refractivity contribution in [2.24, 2.45) is 0 Å². The molecule has 3 N–H and O–H groups in total. The molecule has 2 heterocycles. The van der Waals surface area contributed by atoms with E-state index in [-0.39, 0.29) is 11.8 Å². The maximum atomic E-state index is 14.3. The molecule has 0 radical (unpaired) electrons. The molecule has 8 heteroatoms. The molecular formula is C24H20ClFN4O2. The molecule has 0 atom stereocenters. The van der Waals surface area contributed by atoms with E-state index in [4.69, 9.17) is 16.3 Å². The molecule has 0 bridgehead atoms. The highest BCUT2D eigenvalue weighted by atomic mass is 35.5. The van der Waals surface area contributed by atoms with E-state index in [2.05, 4.69) is 15.6 Å². The Morgan fingerprint density at radius 1 is 1.09 bits per heavy atom. The van der Waals surface area contributed by atoms with Crippen molar-refractivity contribution in [1.29, 1.82) is 0 Å². The molecule has 3 aromatic carbocycles. The average Bonchev–Trinajstić information content (AvgIpc) is 3.24. The second kappa shape index (κ2) is 8.43. The van der Waals surface area contributed by atoms with Gasteiger partial charge in [-0.05, 0) is 53.9 Å². The van der Waals surface area contributed by atoms with E-state index in [1.165, 1.54) is 6.07 Å². The molecule has 0 unspecified atom stereocenters. The van der Waals surface area contributed by atoms with Crippen molar-refractivity contribution in [3.8, 4) is 5.75 Å². The van der Waals surface area contributed by atoms with Crippen LogP contribution in [0.5, 0.6) is 5.75 Å². The monoisotopic (exact) mass is 450 g/mol. The minimum atomic E-state index is -0.365. The molecule has 0 aliphatic carbocycles. The molecular weight excluding hydrogens is 431 g/mol. The fourth-order valence-corrected chi connectivity index (χ4v) is 4.03. The molecule has 32 heavy (non-hydrogen) atoms. The molecule has 0 saturated carbocycles. The molecule has 1 aliphatic heterocycles. The number of nitrogens with one attached hydrogen (secondary N) is 3. The first-order valence-corrected chi connectivity index (χ1v) is 10.5. The number of carbonyl (C=O) groups is 1. The molecule has 0 spiro atoms. The van der Waals surface area contributed by atoms with Crippen LogP contribution >= 0.6 is 11.6 Å². The van der Waals surface area contributed by atoms with Gasteiger partial charge in [-0.1, -0.05) is 23.7 Å². The zero-order chi connectivity index (χ0) is 22.1. The summed E-state index contributed by atoms with van der Waals surface area (Å²) in [5.74, 6) is 0.324. The Bertz CT molecular complexity index is 1290. The van der Waals surface area contributed by atoms with Crippen LogP contribution in [0.4, 0.5) is 26.2 Å². The van der Waals surface area contributed by atoms with Gasteiger partial charge < -0.3 is 25.3 Å². The highest BCUT2D eigenvalue weighted by molar-refractivity contribution is 6.31. The number of ether oxygens (including phenoxy) is 1. The van der Waals surface area contributed by atoms with Gasteiger partial charge in [0, 0.05) is 40.2 Å². The zero-order valence-electron chi connectivity index (χ0n) is 17.0. The number of rotatable bonds is 4. The number of hydrogen-bond donors (Lipinski definition) is 3. The second-order valence-corrected chi connectivity index (χ2v) is 7.92. The van der Waals surface area contributed by atoms with Crippen LogP contribution in [0.15, 0.2) is 66.9 Å². The van der Waals surface area contributed by atoms with Crippen molar-refractivity contribution in [3.63, 3.8) is 0 Å². The summed E-state index contributed by atoms with van der Waals surface area (Å²) < 4.78 is 20.0. The molecule has 6 nitrogen and oxygen atoms in total. The summed E-state index contributed by atoms with van der Waals surface area (Å²) >= 11 is 6.22. The Kier molecular flexibility index (Phi) is 5.33. The largest absolute Gasteiger partial charge is 0.490 e. The number of carbonyl (C=O) groups excluding carboxylic acids is 1. The smallest absolute Gasteiger partial charge is 0.323 e. The molecule has 2 amide bonds. The Morgan fingerprint density at radius 3 is 2.75 bits per heavy atom. The van der Waals surface area contributed by atoms with Crippen LogP contribution in [0, 0.1) is 5.82 Å². The van der Waals surface area contributed by atoms with E-state index in [0.29, 0.717) is 47.4 Å². The lowest BCUT2D eigenvalue weighted by molar-refractivity contribution is 0.262. The van der Waals surface area contributed by atoms with Gasteiger partial charge in [-0.15, -0.1) is 0 Å². The number of halogens is 2. The lowest BCUT2D eigenvalue weighted by atomic mass is 10.1. The van der Waals surface area contributed by atoms with Crippen molar-refractivity contribution in [2.75, 3.05) is 28.7 Å². The number of H-pyrrole nitrogens is 1. The van der Waals surface area contributed by atoms with Crippen LogP contribution in [0.1, 0.15) is 5.56 Å². The van der Waals surface area contributed by atoms with E-state index in [1.54, 1.807) is 24.3 Å². The summed E-state index contributed by atoms with van der Waals surface area (Å²) in [7, 11) is 0. The Morgan fingerprint density at radius 2 is 1.91 bits per heavy atom. The minimum absolute atomic E-state index is 0.299. The zero-order valence-corrected chi connectivity index (χ0v) is 17.7. The maximum Gasteiger partial charge on any atom is 0.323 e. The van der Waals surface area contributed by atoms with Crippen molar-refractivity contribution >= 4 is 45.6 Å². The number of urea groups is 1. The minimum Gasteiger partial charge on any atom is -0.490 e. The number of amides is 2. The predicted molar refractivity (Wildman–Crippen MR) is 125 cm³/mol. The number of nitrogens with zero attached hydrogens (tertiary/aromatic N) is 1. The molecule has 0 fully saturated rings. The van der Waals surface area contributed by atoms with Gasteiger partial charge in [0.1, 0.15) is 18.2 Å². The van der Waals surface area contributed by atoms with Crippen LogP contribution in [0.3, 0.4) is 0 Å². The summed E-state index contributed by atoms with van der Waals surface area (Å²) in [4.78, 5) is 17.7. The normalized spacial score (nSPS) is 12.9. The topological polar surface area (TPSA) is 69.4 Å². The van der Waals surface area contributed by atoms with Crippen LogP contribution in [-0.2, 0) is 6.54 Å². The van der Waals surface area contributed by atoms with Gasteiger partial charge in [0.15, 0.2) is 0 Å². The number of anilines is 3. The number of aromatic amines is 1. The van der Waals surface area contributed by atoms with Crippen molar-refractivity contribution in [3.05, 3.63) is 83.3 Å². The quantitative estimate of drug-likeness (QED) is 0.357. The predicted octanol–water partition coefficient (Wildman–Crippen LogP) is 6.00. The first-order chi connectivity index (χ1) is 15.6. The van der Waals surface area contributed by atoms with Crippen LogP contribution in [0.25, 0.3) is 10.9 Å². The van der Waals surface area contributed by atoms with E-state index in [1.807, 2.05) is 41.4 Å². The van der Waals surface area contributed by atoms with Gasteiger partial charge in [0.05, 0.1) is 12.2 Å². The standard InChI is InChI=1S/C24H20ClFN4O2/c25-19-2-1-3-20(26)18(19)14-30-10-11-32-23-7-6-17(13-22(23)30)29-24(31)28-16-5-4-15-8-9-27-21(15)12-16/h1-9,12-13,27H,10-11,14H2,(H2,28,29,31). The fourth-order valence-electron chi connectivity index (χ4n) is 3.81. The number of benzene rings is 3. The summed E-state index contributed by atoms with van der Waals surface area (Å²) in [6.07, 6.45) is 1.85. The molecule has 1 aliphatic rings. The highest BCUT2D eigenvalue weighted by Crippen LogP contribution is 2.36. The van der Waals surface area contributed by atoms with Gasteiger partial charge >= 0.3 is 6.03 Å². The lowest BCUT2D eigenvalue weighted by Gasteiger charge is -2.32. The molecule has 162 valence electrons. The number of aromatic nitrogens is 1. The average molecular weight is 451 g/mol. The first-order valence-electron chi connectivity index (χ1n) is 10.2. The maximum absolute atomic E-state index is 14.3. The van der Waals surface area contributed by atoms with Crippen LogP contribution in [-0.4, -0.2) is 24.2 Å². The number of fused-ring (bicyclic) bond motifs is 2. The molecule has 1 aromatic heterocycles. The van der Waals surface area contributed by atoms with Crippen LogP contribution < -0.4 is 20.3 Å². The van der Waals surface area contributed by atoms with Crippen LogP contribution in [0.2, 0.25) is 5.02 Å². The van der Waals surface area contributed by atoms with Gasteiger partial charge in [-0.3, -0.25) is 0 Å². The Hall–Kier alpha value is -3.71. The fraction of sp³-hybridized carbons (Fsp3) is 0.125. The summed E-state index contributed by atoms with van der Waals surface area (Å²) in [6.45, 7) is 1.35. The van der Waals surface area contributed by atoms with Gasteiger partial charge in [0.2, 0.25) is 0 Å². The summed E-state index contributed by atoms with van der Waals surface area (Å²) in [5.41, 5.74) is 3.40. The molecule has 5 rings (SSSR count). The lowest BCUT2D eigenvalue weighted by Crippen LogP contribution is -2.32. The van der Waals surface area contributed by atoms with E-state index < -0.39 is 0 Å². The third-order valence-electron chi connectivity index (χ3n) is 5.40. The summed E-state index contributed by atoms with van der Waals surface area (Å²) in [6, 6.07) is 17.3. The van der Waals surface area contributed by atoms with E-state index in [0.717, 1.165) is 16.6 Å². The molecule has 0 saturated heterocycles. The second-order valence-electron chi connectivity index (χ2n) is 7.51. The third-order valence-corrected chi connectivity index (χ3v) is 5.75. The van der Waals surface area contributed by atoms with Gasteiger partial charge in [-0.25, -0.2) is 9.18 Å². The van der Waals surface area contributed by atoms with E-state index >= 15 is 0 Å². The van der Waals surface area contributed by atoms with Crippen molar-refractivity contribution in [1.82, 2.24) is 4.98 Å². The first kappa shape index (κ1) is 20.2. The number of hydrogen-bond acceptors (Lipinski definition) is 3. The van der Waals surface area contributed by atoms with Crippen molar-refractivity contribution < 1.29 is 13.9 Å².